The van der Waals surface area contributed by atoms with Crippen molar-refractivity contribution in [2.24, 2.45) is 0 Å². The van der Waals surface area contributed by atoms with Gasteiger partial charge in [-0.3, -0.25) is 0 Å². The van der Waals surface area contributed by atoms with E-state index in [2.05, 4.69) is 23.7 Å². The summed E-state index contributed by atoms with van der Waals surface area (Å²) in [5, 5.41) is 0. The summed E-state index contributed by atoms with van der Waals surface area (Å²) >= 11 is 0. The normalized spacial score (nSPS) is 10.8. The molecule has 176 valence electrons. The average molecular weight is 484 g/mol. The van der Waals surface area contributed by atoms with Crippen LogP contribution in [0.3, 0.4) is 0 Å². The number of fused-ring (bicyclic) bond motifs is 4. The molecule has 5 heteroatoms. The van der Waals surface area contributed by atoms with E-state index in [-0.39, 0.29) is 33.4 Å². The second-order valence-corrected chi connectivity index (χ2v) is 8.37. The maximum atomic E-state index is 15.2. The Bertz CT molecular complexity index is 1660. The number of halogens is 5. The second kappa shape index (κ2) is 9.36. The van der Waals surface area contributed by atoms with Crippen molar-refractivity contribution in [2.75, 3.05) is 0 Å². The molecular formula is C31H17F5. The van der Waals surface area contributed by atoms with Crippen molar-refractivity contribution in [3.8, 4) is 45.9 Å². The van der Waals surface area contributed by atoms with E-state index in [1.54, 1.807) is 24.3 Å². The SMILES string of the molecule is CCCc1ccc(C#Cc2ccc3c(c2F)-c2c-3cc(C#Cc3ccccc3F)c(F)c2F)c(F)c1. The van der Waals surface area contributed by atoms with E-state index in [1.807, 2.05) is 6.92 Å². The van der Waals surface area contributed by atoms with Crippen LogP contribution >= 0.6 is 0 Å². The first-order valence-corrected chi connectivity index (χ1v) is 11.3. The van der Waals surface area contributed by atoms with Crippen LogP contribution in [0.15, 0.2) is 60.7 Å². The minimum Gasteiger partial charge on any atom is -0.206 e. The highest BCUT2D eigenvalue weighted by Gasteiger charge is 2.33. The molecule has 0 spiro atoms. The minimum absolute atomic E-state index is 0.0473. The van der Waals surface area contributed by atoms with E-state index in [0.29, 0.717) is 11.1 Å². The molecule has 0 N–H and O–H groups in total. The van der Waals surface area contributed by atoms with Gasteiger partial charge in [0.2, 0.25) is 0 Å². The summed E-state index contributed by atoms with van der Waals surface area (Å²) in [6.45, 7) is 1.99. The van der Waals surface area contributed by atoms with Crippen molar-refractivity contribution in [3.63, 3.8) is 0 Å². The van der Waals surface area contributed by atoms with Crippen molar-refractivity contribution in [1.29, 1.82) is 0 Å². The van der Waals surface area contributed by atoms with Crippen LogP contribution in [0.2, 0.25) is 0 Å². The van der Waals surface area contributed by atoms with E-state index >= 15 is 4.39 Å². The standard InChI is InChI=1S/C31H17F5/c1-2-5-18-8-9-20(26(33)16-18)10-12-21-14-15-23-24-17-22(13-11-19-6-3-4-7-25(19)32)30(35)31(36)28(24)27(23)29(21)34/h3-4,6-9,14-17H,2,5H2,1H3. The third kappa shape index (κ3) is 4.04. The van der Waals surface area contributed by atoms with Crippen LogP contribution < -0.4 is 0 Å². The number of rotatable bonds is 2. The van der Waals surface area contributed by atoms with Gasteiger partial charge in [0.15, 0.2) is 11.6 Å². The number of aryl methyl sites for hydroxylation is 1. The van der Waals surface area contributed by atoms with Gasteiger partial charge in [-0.1, -0.05) is 61.3 Å². The number of hydrogen-bond donors (Lipinski definition) is 0. The van der Waals surface area contributed by atoms with Crippen molar-refractivity contribution in [3.05, 3.63) is 118 Å². The molecule has 4 aromatic carbocycles. The molecular weight excluding hydrogens is 467 g/mol. The van der Waals surface area contributed by atoms with Gasteiger partial charge in [-0.25, -0.2) is 22.0 Å². The van der Waals surface area contributed by atoms with Crippen LogP contribution in [-0.2, 0) is 6.42 Å². The van der Waals surface area contributed by atoms with Gasteiger partial charge >= 0.3 is 0 Å². The molecule has 36 heavy (non-hydrogen) atoms. The lowest BCUT2D eigenvalue weighted by atomic mass is 9.78. The first kappa shape index (κ1) is 23.4. The lowest BCUT2D eigenvalue weighted by Crippen LogP contribution is -2.09. The molecule has 0 nitrogen and oxygen atoms in total. The van der Waals surface area contributed by atoms with Gasteiger partial charge in [0, 0.05) is 11.1 Å². The molecule has 0 heterocycles. The molecule has 0 unspecified atom stereocenters. The zero-order valence-electron chi connectivity index (χ0n) is 19.1. The predicted octanol–water partition coefficient (Wildman–Crippen LogP) is 7.78. The molecule has 5 rings (SSSR count). The highest BCUT2D eigenvalue weighted by atomic mass is 19.2. The largest absolute Gasteiger partial charge is 0.206 e. The molecule has 0 saturated heterocycles. The van der Waals surface area contributed by atoms with Gasteiger partial charge in [-0.05, 0) is 59.5 Å². The second-order valence-electron chi connectivity index (χ2n) is 8.37. The van der Waals surface area contributed by atoms with E-state index in [0.717, 1.165) is 18.4 Å². The Kier molecular flexibility index (Phi) is 6.08. The Morgan fingerprint density at radius 3 is 1.92 bits per heavy atom. The topological polar surface area (TPSA) is 0 Å². The maximum absolute atomic E-state index is 15.2. The molecule has 0 atom stereocenters. The maximum Gasteiger partial charge on any atom is 0.175 e. The molecule has 1 aliphatic rings. The van der Waals surface area contributed by atoms with Crippen LogP contribution in [0.25, 0.3) is 22.3 Å². The zero-order chi connectivity index (χ0) is 25.4. The van der Waals surface area contributed by atoms with Crippen LogP contribution in [0, 0.1) is 52.8 Å². The molecule has 0 amide bonds. The average Bonchev–Trinajstić information content (AvgIpc) is 2.85. The van der Waals surface area contributed by atoms with Gasteiger partial charge in [-0.15, -0.1) is 0 Å². The van der Waals surface area contributed by atoms with E-state index in [9.17, 15) is 17.6 Å². The van der Waals surface area contributed by atoms with E-state index in [1.165, 1.54) is 36.4 Å². The number of hydrogen-bond acceptors (Lipinski definition) is 0. The van der Waals surface area contributed by atoms with Gasteiger partial charge in [0.1, 0.15) is 17.5 Å². The van der Waals surface area contributed by atoms with Crippen LogP contribution in [0.5, 0.6) is 0 Å². The van der Waals surface area contributed by atoms with E-state index in [4.69, 9.17) is 0 Å². The van der Waals surface area contributed by atoms with Crippen LogP contribution in [-0.4, -0.2) is 0 Å². The summed E-state index contributed by atoms with van der Waals surface area (Å²) < 4.78 is 73.1. The van der Waals surface area contributed by atoms with Crippen molar-refractivity contribution < 1.29 is 22.0 Å². The Morgan fingerprint density at radius 2 is 1.19 bits per heavy atom. The van der Waals surface area contributed by atoms with E-state index < -0.39 is 29.1 Å². The molecule has 0 saturated carbocycles. The molecule has 0 bridgehead atoms. The molecule has 0 radical (unpaired) electrons. The van der Waals surface area contributed by atoms with Crippen molar-refractivity contribution in [2.45, 2.75) is 19.8 Å². The summed E-state index contributed by atoms with van der Waals surface area (Å²) in [6.07, 6.45) is 1.62. The Hall–Kier alpha value is -4.35. The molecule has 4 aromatic rings. The molecule has 1 aliphatic carbocycles. The first-order valence-electron chi connectivity index (χ1n) is 11.3. The van der Waals surface area contributed by atoms with Gasteiger partial charge in [0.05, 0.1) is 22.3 Å². The monoisotopic (exact) mass is 484 g/mol. The van der Waals surface area contributed by atoms with Crippen molar-refractivity contribution in [1.82, 2.24) is 0 Å². The fourth-order valence-corrected chi connectivity index (χ4v) is 4.19. The van der Waals surface area contributed by atoms with Crippen LogP contribution in [0.4, 0.5) is 22.0 Å². The summed E-state index contributed by atoms with van der Waals surface area (Å²) in [4.78, 5) is 0. The quantitative estimate of drug-likeness (QED) is 0.177. The Labute approximate surface area is 205 Å². The van der Waals surface area contributed by atoms with Gasteiger partial charge < -0.3 is 0 Å². The summed E-state index contributed by atoms with van der Waals surface area (Å²) in [6, 6.07) is 14.7. The highest BCUT2D eigenvalue weighted by molar-refractivity contribution is 6.04. The Morgan fingerprint density at radius 1 is 0.556 bits per heavy atom. The van der Waals surface area contributed by atoms with Gasteiger partial charge in [-0.2, -0.15) is 0 Å². The predicted molar refractivity (Wildman–Crippen MR) is 130 cm³/mol. The lowest BCUT2D eigenvalue weighted by Gasteiger charge is -2.26. The summed E-state index contributed by atoms with van der Waals surface area (Å²) in [5.41, 5.74) is 1.11. The minimum atomic E-state index is -1.24. The smallest absolute Gasteiger partial charge is 0.175 e. The third-order valence-electron chi connectivity index (χ3n) is 6.00. The fourth-order valence-electron chi connectivity index (χ4n) is 4.19. The molecule has 0 fully saturated rings. The fraction of sp³-hybridized carbons (Fsp3) is 0.0968. The highest BCUT2D eigenvalue weighted by Crippen LogP contribution is 2.51. The summed E-state index contributed by atoms with van der Waals surface area (Å²) in [5.74, 6) is 5.84. The zero-order valence-corrected chi connectivity index (χ0v) is 19.1. The molecule has 0 aromatic heterocycles. The summed E-state index contributed by atoms with van der Waals surface area (Å²) in [7, 11) is 0. The Balaban J connectivity index is 1.49. The lowest BCUT2D eigenvalue weighted by molar-refractivity contribution is 0.507. The van der Waals surface area contributed by atoms with Crippen LogP contribution in [0.1, 0.15) is 41.2 Å². The first-order chi connectivity index (χ1) is 17.4. The molecule has 0 aliphatic heterocycles. The number of benzene rings is 4. The van der Waals surface area contributed by atoms with Gasteiger partial charge in [0.25, 0.3) is 0 Å². The van der Waals surface area contributed by atoms with Crippen molar-refractivity contribution >= 4 is 0 Å². The third-order valence-corrected chi connectivity index (χ3v) is 6.00.